The standard InChI is InChI=1S/C18H22N2O3S/c21-18(19-12-17-2-1-11-24-17)20-15-3-5-16(6-4-15)23-13-14-7-9-22-10-8-14/h1-6,11,14H,7-10,12-13H2,(H2,19,20,21). The molecule has 2 N–H and O–H groups in total. The molecule has 3 rings (SSSR count). The minimum atomic E-state index is -0.209. The van der Waals surface area contributed by atoms with E-state index in [1.165, 1.54) is 0 Å². The third-order valence-corrected chi connectivity index (χ3v) is 4.82. The first-order chi connectivity index (χ1) is 11.8. The summed E-state index contributed by atoms with van der Waals surface area (Å²) < 4.78 is 11.2. The highest BCUT2D eigenvalue weighted by Crippen LogP contribution is 2.19. The van der Waals surface area contributed by atoms with Crippen LogP contribution in [-0.4, -0.2) is 25.9 Å². The van der Waals surface area contributed by atoms with E-state index in [4.69, 9.17) is 9.47 Å². The first kappa shape index (κ1) is 16.8. The number of urea groups is 1. The smallest absolute Gasteiger partial charge is 0.319 e. The third kappa shape index (κ3) is 5.25. The molecule has 1 aromatic heterocycles. The lowest BCUT2D eigenvalue weighted by Crippen LogP contribution is -2.27. The summed E-state index contributed by atoms with van der Waals surface area (Å²) in [5.41, 5.74) is 0.747. The molecule has 1 aliphatic rings. The minimum Gasteiger partial charge on any atom is -0.493 e. The Morgan fingerprint density at radius 2 is 2.00 bits per heavy atom. The van der Waals surface area contributed by atoms with E-state index in [0.717, 1.165) is 49.0 Å². The molecule has 128 valence electrons. The van der Waals surface area contributed by atoms with Gasteiger partial charge in [-0.15, -0.1) is 11.3 Å². The van der Waals surface area contributed by atoms with Gasteiger partial charge in [0.15, 0.2) is 0 Å². The number of ether oxygens (including phenoxy) is 2. The molecule has 0 spiro atoms. The summed E-state index contributed by atoms with van der Waals surface area (Å²) in [5.74, 6) is 1.39. The van der Waals surface area contributed by atoms with Crippen LogP contribution in [0.2, 0.25) is 0 Å². The van der Waals surface area contributed by atoms with Crippen molar-refractivity contribution in [2.24, 2.45) is 5.92 Å². The van der Waals surface area contributed by atoms with Gasteiger partial charge >= 0.3 is 6.03 Å². The van der Waals surface area contributed by atoms with Gasteiger partial charge in [0, 0.05) is 23.8 Å². The van der Waals surface area contributed by atoms with Crippen molar-refractivity contribution in [2.45, 2.75) is 19.4 Å². The topological polar surface area (TPSA) is 59.6 Å². The lowest BCUT2D eigenvalue weighted by molar-refractivity contribution is 0.0497. The second-order valence-corrected chi connectivity index (χ2v) is 6.81. The SMILES string of the molecule is O=C(NCc1cccs1)Nc1ccc(OCC2CCOCC2)cc1. The van der Waals surface area contributed by atoms with Crippen molar-refractivity contribution in [1.29, 1.82) is 0 Å². The van der Waals surface area contributed by atoms with E-state index < -0.39 is 0 Å². The fourth-order valence-electron chi connectivity index (χ4n) is 2.52. The van der Waals surface area contributed by atoms with Crippen LogP contribution in [0.15, 0.2) is 41.8 Å². The molecule has 0 atom stereocenters. The Balaban J connectivity index is 1.41. The summed E-state index contributed by atoms with van der Waals surface area (Å²) in [6, 6.07) is 11.2. The number of hydrogen-bond donors (Lipinski definition) is 2. The Morgan fingerprint density at radius 1 is 1.21 bits per heavy atom. The Labute approximate surface area is 146 Å². The van der Waals surface area contributed by atoms with Crippen molar-refractivity contribution in [3.63, 3.8) is 0 Å². The third-order valence-electron chi connectivity index (χ3n) is 3.94. The minimum absolute atomic E-state index is 0.209. The molecule has 0 bridgehead atoms. The van der Waals surface area contributed by atoms with Crippen LogP contribution in [-0.2, 0) is 11.3 Å². The molecule has 1 aromatic carbocycles. The molecule has 1 aliphatic heterocycles. The van der Waals surface area contributed by atoms with Crippen LogP contribution >= 0.6 is 11.3 Å². The number of amides is 2. The molecule has 24 heavy (non-hydrogen) atoms. The van der Waals surface area contributed by atoms with Crippen molar-refractivity contribution in [1.82, 2.24) is 5.32 Å². The van der Waals surface area contributed by atoms with Crippen molar-refractivity contribution in [3.05, 3.63) is 46.7 Å². The van der Waals surface area contributed by atoms with E-state index >= 15 is 0 Å². The molecular formula is C18H22N2O3S. The van der Waals surface area contributed by atoms with Crippen LogP contribution in [0.5, 0.6) is 5.75 Å². The van der Waals surface area contributed by atoms with Crippen LogP contribution < -0.4 is 15.4 Å². The van der Waals surface area contributed by atoms with Crippen molar-refractivity contribution < 1.29 is 14.3 Å². The summed E-state index contributed by atoms with van der Waals surface area (Å²) in [5, 5.41) is 7.65. The Bertz CT molecular complexity index is 622. The van der Waals surface area contributed by atoms with E-state index in [2.05, 4.69) is 10.6 Å². The van der Waals surface area contributed by atoms with E-state index in [0.29, 0.717) is 12.5 Å². The number of thiophene rings is 1. The Kier molecular flexibility index (Phi) is 6.09. The maximum Gasteiger partial charge on any atom is 0.319 e. The maximum atomic E-state index is 11.9. The molecule has 2 heterocycles. The number of nitrogens with one attached hydrogen (secondary N) is 2. The Hall–Kier alpha value is -2.05. The highest BCUT2D eigenvalue weighted by atomic mass is 32.1. The van der Waals surface area contributed by atoms with Gasteiger partial charge in [0.2, 0.25) is 0 Å². The normalized spacial score (nSPS) is 15.0. The van der Waals surface area contributed by atoms with E-state index in [-0.39, 0.29) is 6.03 Å². The number of carbonyl (C=O) groups excluding carboxylic acids is 1. The summed E-state index contributed by atoms with van der Waals surface area (Å²) in [6.45, 7) is 2.92. The molecule has 0 unspecified atom stereocenters. The fourth-order valence-corrected chi connectivity index (χ4v) is 3.16. The monoisotopic (exact) mass is 346 g/mol. The molecule has 0 radical (unpaired) electrons. The van der Waals surface area contributed by atoms with Gasteiger partial charge < -0.3 is 20.1 Å². The molecule has 0 aliphatic carbocycles. The summed E-state index contributed by atoms with van der Waals surface area (Å²) >= 11 is 1.62. The van der Waals surface area contributed by atoms with Crippen molar-refractivity contribution in [2.75, 3.05) is 25.1 Å². The molecule has 2 aromatic rings. The second-order valence-electron chi connectivity index (χ2n) is 5.78. The number of hydrogen-bond acceptors (Lipinski definition) is 4. The Morgan fingerprint density at radius 3 is 2.71 bits per heavy atom. The van der Waals surface area contributed by atoms with Crippen LogP contribution in [0.3, 0.4) is 0 Å². The number of anilines is 1. The van der Waals surface area contributed by atoms with Gasteiger partial charge in [0.05, 0.1) is 13.2 Å². The fraction of sp³-hybridized carbons (Fsp3) is 0.389. The molecule has 0 saturated carbocycles. The average Bonchev–Trinajstić information content (AvgIpc) is 3.14. The number of rotatable bonds is 6. The van der Waals surface area contributed by atoms with Crippen molar-refractivity contribution >= 4 is 23.1 Å². The lowest BCUT2D eigenvalue weighted by Gasteiger charge is -2.22. The van der Waals surface area contributed by atoms with Crippen LogP contribution in [0.1, 0.15) is 17.7 Å². The zero-order valence-electron chi connectivity index (χ0n) is 13.5. The summed E-state index contributed by atoms with van der Waals surface area (Å²) in [6.07, 6.45) is 2.12. The van der Waals surface area contributed by atoms with Gasteiger partial charge in [-0.2, -0.15) is 0 Å². The molecule has 5 nitrogen and oxygen atoms in total. The van der Waals surface area contributed by atoms with Crippen LogP contribution in [0.25, 0.3) is 0 Å². The molecule has 2 amide bonds. The zero-order valence-corrected chi connectivity index (χ0v) is 14.3. The molecular weight excluding hydrogens is 324 g/mol. The van der Waals surface area contributed by atoms with Gasteiger partial charge in [-0.25, -0.2) is 4.79 Å². The highest BCUT2D eigenvalue weighted by molar-refractivity contribution is 7.09. The molecule has 1 saturated heterocycles. The van der Waals surface area contributed by atoms with Crippen molar-refractivity contribution in [3.8, 4) is 5.75 Å². The maximum absolute atomic E-state index is 11.9. The van der Waals surface area contributed by atoms with Gasteiger partial charge in [0.25, 0.3) is 0 Å². The van der Waals surface area contributed by atoms with Gasteiger partial charge in [-0.05, 0) is 54.5 Å². The lowest BCUT2D eigenvalue weighted by atomic mass is 10.0. The van der Waals surface area contributed by atoms with Gasteiger partial charge in [-0.1, -0.05) is 6.07 Å². The first-order valence-electron chi connectivity index (χ1n) is 8.17. The van der Waals surface area contributed by atoms with Gasteiger partial charge in [-0.3, -0.25) is 0 Å². The summed E-state index contributed by atoms with van der Waals surface area (Å²) in [4.78, 5) is 13.0. The number of benzene rings is 1. The molecule has 6 heteroatoms. The van der Waals surface area contributed by atoms with Crippen LogP contribution in [0.4, 0.5) is 10.5 Å². The van der Waals surface area contributed by atoms with E-state index in [9.17, 15) is 4.79 Å². The van der Waals surface area contributed by atoms with Crippen LogP contribution in [0, 0.1) is 5.92 Å². The van der Waals surface area contributed by atoms with E-state index in [1.807, 2.05) is 41.8 Å². The highest BCUT2D eigenvalue weighted by Gasteiger charge is 2.14. The predicted octanol–water partition coefficient (Wildman–Crippen LogP) is 3.88. The van der Waals surface area contributed by atoms with E-state index in [1.54, 1.807) is 11.3 Å². The summed E-state index contributed by atoms with van der Waals surface area (Å²) in [7, 11) is 0. The zero-order chi connectivity index (χ0) is 16.6. The average molecular weight is 346 g/mol. The predicted molar refractivity (Wildman–Crippen MR) is 95.7 cm³/mol. The van der Waals surface area contributed by atoms with Gasteiger partial charge in [0.1, 0.15) is 5.75 Å². The quantitative estimate of drug-likeness (QED) is 0.834. The first-order valence-corrected chi connectivity index (χ1v) is 9.05. The largest absolute Gasteiger partial charge is 0.493 e. The molecule has 1 fully saturated rings. The number of carbonyl (C=O) groups is 1. The second kappa shape index (κ2) is 8.70.